The molecular weight excluding hydrogens is 376 g/mol. The topological polar surface area (TPSA) is 97.1 Å². The number of nitrogens with one attached hydrogen (secondary N) is 2. The van der Waals surface area contributed by atoms with Gasteiger partial charge in [0.2, 0.25) is 17.7 Å². The van der Waals surface area contributed by atoms with Crippen LogP contribution in [0.15, 0.2) is 33.9 Å². The van der Waals surface area contributed by atoms with Gasteiger partial charge in [-0.25, -0.2) is 0 Å². The molecule has 1 atom stereocenters. The lowest BCUT2D eigenvalue weighted by atomic mass is 9.87. The minimum absolute atomic E-state index is 0.0757. The quantitative estimate of drug-likeness (QED) is 0.656. The summed E-state index contributed by atoms with van der Waals surface area (Å²) in [7, 11) is 0. The first-order chi connectivity index (χ1) is 13.2. The monoisotopic (exact) mass is 404 g/mol. The Bertz CT molecular complexity index is 797. The fraction of sp³-hybridized carbons (Fsp3) is 0.500. The van der Waals surface area contributed by atoms with Crippen molar-refractivity contribution >= 4 is 23.6 Å². The first-order valence-electron chi connectivity index (χ1n) is 9.35. The number of rotatable bonds is 8. The molecule has 2 N–H and O–H groups in total. The van der Waals surface area contributed by atoms with Gasteiger partial charge in [-0.15, -0.1) is 10.2 Å². The lowest BCUT2D eigenvalue weighted by Crippen LogP contribution is -2.45. The molecule has 1 heterocycles. The van der Waals surface area contributed by atoms with E-state index < -0.39 is 6.04 Å². The number of carbonyl (C=O) groups is 2. The summed E-state index contributed by atoms with van der Waals surface area (Å²) in [6.07, 6.45) is 0.848. The van der Waals surface area contributed by atoms with E-state index >= 15 is 0 Å². The molecule has 2 amide bonds. The summed E-state index contributed by atoms with van der Waals surface area (Å²) >= 11 is 1.14. The van der Waals surface area contributed by atoms with Crippen molar-refractivity contribution in [2.45, 2.75) is 57.7 Å². The number of thioether (sulfide) groups is 1. The molecular formula is C20H28N4O3S. The number of hydrogen-bond acceptors (Lipinski definition) is 6. The Kier molecular flexibility index (Phi) is 7.62. The maximum absolute atomic E-state index is 12.0. The smallest absolute Gasteiger partial charge is 0.277 e. The van der Waals surface area contributed by atoms with Gasteiger partial charge >= 0.3 is 0 Å². The van der Waals surface area contributed by atoms with E-state index in [0.29, 0.717) is 17.7 Å². The van der Waals surface area contributed by atoms with Crippen LogP contribution in [-0.2, 0) is 15.0 Å². The molecule has 0 saturated heterocycles. The Morgan fingerprint density at radius 1 is 1.18 bits per heavy atom. The Balaban J connectivity index is 1.87. The largest absolute Gasteiger partial charge is 0.411 e. The summed E-state index contributed by atoms with van der Waals surface area (Å²) < 4.78 is 5.63. The van der Waals surface area contributed by atoms with Crippen LogP contribution in [0.2, 0.25) is 0 Å². The van der Waals surface area contributed by atoms with Gasteiger partial charge in [0, 0.05) is 12.1 Å². The molecule has 0 radical (unpaired) electrons. The molecule has 0 aliphatic carbocycles. The zero-order valence-corrected chi connectivity index (χ0v) is 17.9. The van der Waals surface area contributed by atoms with Crippen LogP contribution in [0.4, 0.5) is 0 Å². The predicted octanol–water partition coefficient (Wildman–Crippen LogP) is 3.16. The van der Waals surface area contributed by atoms with E-state index in [1.807, 2.05) is 31.2 Å². The number of carbonyl (C=O) groups excluding carboxylic acids is 2. The minimum atomic E-state index is -0.584. The highest BCUT2D eigenvalue weighted by molar-refractivity contribution is 7.99. The van der Waals surface area contributed by atoms with Crippen LogP contribution in [-0.4, -0.2) is 40.4 Å². The third-order valence-corrected chi connectivity index (χ3v) is 4.87. The first kappa shape index (κ1) is 21.9. The van der Waals surface area contributed by atoms with Gasteiger partial charge in [0.05, 0.1) is 5.75 Å². The normalized spacial score (nSPS) is 12.5. The van der Waals surface area contributed by atoms with Crippen molar-refractivity contribution in [2.75, 3.05) is 12.3 Å². The fourth-order valence-corrected chi connectivity index (χ4v) is 2.95. The van der Waals surface area contributed by atoms with Gasteiger partial charge in [0.1, 0.15) is 6.04 Å². The van der Waals surface area contributed by atoms with E-state index in [1.54, 1.807) is 6.92 Å². The van der Waals surface area contributed by atoms with Gasteiger partial charge < -0.3 is 15.1 Å². The van der Waals surface area contributed by atoms with Gasteiger partial charge in [-0.2, -0.15) is 0 Å². The average molecular weight is 405 g/mol. The van der Waals surface area contributed by atoms with Crippen LogP contribution in [0.25, 0.3) is 11.5 Å². The van der Waals surface area contributed by atoms with Crippen LogP contribution in [0.1, 0.15) is 46.6 Å². The summed E-state index contributed by atoms with van der Waals surface area (Å²) in [5.74, 6) is 0.0452. The van der Waals surface area contributed by atoms with E-state index in [2.05, 4.69) is 41.6 Å². The van der Waals surface area contributed by atoms with Gasteiger partial charge in [-0.05, 0) is 36.5 Å². The maximum atomic E-state index is 12.0. The van der Waals surface area contributed by atoms with Crippen molar-refractivity contribution < 1.29 is 14.0 Å². The number of hydrogen-bond donors (Lipinski definition) is 2. The third kappa shape index (κ3) is 6.37. The second kappa shape index (κ2) is 9.73. The predicted molar refractivity (Wildman–Crippen MR) is 110 cm³/mol. The highest BCUT2D eigenvalue weighted by Crippen LogP contribution is 2.27. The van der Waals surface area contributed by atoms with E-state index in [4.69, 9.17) is 4.42 Å². The maximum Gasteiger partial charge on any atom is 0.277 e. The van der Waals surface area contributed by atoms with Crippen LogP contribution in [0, 0.1) is 0 Å². The van der Waals surface area contributed by atoms with E-state index in [0.717, 1.165) is 23.7 Å². The van der Waals surface area contributed by atoms with Crippen molar-refractivity contribution in [2.24, 2.45) is 0 Å². The highest BCUT2D eigenvalue weighted by atomic mass is 32.2. The SMILES string of the molecule is CCCNC(=O)[C@H](C)NC(=O)CSc1nnc(-c2ccc(C(C)(C)C)cc2)o1. The van der Waals surface area contributed by atoms with Crippen molar-refractivity contribution in [3.63, 3.8) is 0 Å². The average Bonchev–Trinajstić information content (AvgIpc) is 3.13. The van der Waals surface area contributed by atoms with Crippen LogP contribution in [0.3, 0.4) is 0 Å². The molecule has 1 aromatic heterocycles. The Morgan fingerprint density at radius 2 is 1.86 bits per heavy atom. The standard InChI is InChI=1S/C20H28N4O3S/c1-6-11-21-17(26)13(2)22-16(25)12-28-19-24-23-18(27-19)14-7-9-15(10-8-14)20(3,4)5/h7-10,13H,6,11-12H2,1-5H3,(H,21,26)(H,22,25)/t13-/m0/s1. The summed E-state index contributed by atoms with van der Waals surface area (Å²) in [4.78, 5) is 23.8. The molecule has 28 heavy (non-hydrogen) atoms. The molecule has 0 unspecified atom stereocenters. The molecule has 0 aliphatic rings. The fourth-order valence-electron chi connectivity index (χ4n) is 2.37. The molecule has 152 valence electrons. The molecule has 0 aliphatic heterocycles. The molecule has 0 fully saturated rings. The zero-order valence-electron chi connectivity index (χ0n) is 17.0. The molecule has 7 nitrogen and oxygen atoms in total. The molecule has 0 bridgehead atoms. The molecule has 1 aromatic carbocycles. The number of amides is 2. The molecule has 0 spiro atoms. The number of aromatic nitrogens is 2. The Morgan fingerprint density at radius 3 is 2.46 bits per heavy atom. The lowest BCUT2D eigenvalue weighted by molar-refractivity contribution is -0.127. The first-order valence-corrected chi connectivity index (χ1v) is 10.3. The van der Waals surface area contributed by atoms with Crippen molar-refractivity contribution in [3.8, 4) is 11.5 Å². The minimum Gasteiger partial charge on any atom is -0.411 e. The van der Waals surface area contributed by atoms with Gasteiger partial charge in [0.25, 0.3) is 5.22 Å². The Hall–Kier alpha value is -2.35. The van der Waals surface area contributed by atoms with Crippen LogP contribution < -0.4 is 10.6 Å². The summed E-state index contributed by atoms with van der Waals surface area (Å²) in [5, 5.41) is 13.7. The second-order valence-electron chi connectivity index (χ2n) is 7.57. The van der Waals surface area contributed by atoms with E-state index in [1.165, 1.54) is 5.56 Å². The molecule has 2 rings (SSSR count). The summed E-state index contributed by atoms with van der Waals surface area (Å²) in [6.45, 7) is 10.7. The van der Waals surface area contributed by atoms with Gasteiger partial charge in [0.15, 0.2) is 0 Å². The highest BCUT2D eigenvalue weighted by Gasteiger charge is 2.17. The van der Waals surface area contributed by atoms with Crippen molar-refractivity contribution in [1.82, 2.24) is 20.8 Å². The molecule has 0 saturated carbocycles. The van der Waals surface area contributed by atoms with Crippen LogP contribution in [0.5, 0.6) is 0 Å². The van der Waals surface area contributed by atoms with E-state index in [-0.39, 0.29) is 23.0 Å². The Labute approximate surface area is 170 Å². The summed E-state index contributed by atoms with van der Waals surface area (Å²) in [6, 6.07) is 7.41. The van der Waals surface area contributed by atoms with Crippen molar-refractivity contribution in [1.29, 1.82) is 0 Å². The van der Waals surface area contributed by atoms with Gasteiger partial charge in [-0.1, -0.05) is 51.6 Å². The molecule has 8 heteroatoms. The van der Waals surface area contributed by atoms with Crippen LogP contribution >= 0.6 is 11.8 Å². The zero-order chi connectivity index (χ0) is 20.7. The summed E-state index contributed by atoms with van der Waals surface area (Å²) in [5.41, 5.74) is 2.13. The number of nitrogens with zero attached hydrogens (tertiary/aromatic N) is 2. The second-order valence-corrected chi connectivity index (χ2v) is 8.50. The van der Waals surface area contributed by atoms with E-state index in [9.17, 15) is 9.59 Å². The third-order valence-electron chi connectivity index (χ3n) is 4.05. The van der Waals surface area contributed by atoms with Crippen molar-refractivity contribution in [3.05, 3.63) is 29.8 Å². The molecule has 2 aromatic rings. The van der Waals surface area contributed by atoms with Gasteiger partial charge in [-0.3, -0.25) is 9.59 Å². The number of benzene rings is 1. The lowest BCUT2D eigenvalue weighted by Gasteiger charge is -2.18.